The second-order valence-electron chi connectivity index (χ2n) is 4.04. The molecule has 14 heavy (non-hydrogen) atoms. The average molecular weight is 201 g/mol. The van der Waals surface area contributed by atoms with Gasteiger partial charge < -0.3 is 14.8 Å². The van der Waals surface area contributed by atoms with Crippen LogP contribution in [0.15, 0.2) is 0 Å². The van der Waals surface area contributed by atoms with E-state index in [1.165, 1.54) is 12.8 Å². The van der Waals surface area contributed by atoms with Gasteiger partial charge >= 0.3 is 0 Å². The van der Waals surface area contributed by atoms with Gasteiger partial charge in [-0.05, 0) is 39.2 Å². The molecule has 0 amide bonds. The maximum atomic E-state index is 5.63. The Morgan fingerprint density at radius 3 is 2.79 bits per heavy atom. The first-order valence-corrected chi connectivity index (χ1v) is 5.67. The predicted octanol–water partition coefficient (Wildman–Crippen LogP) is 1.57. The van der Waals surface area contributed by atoms with Crippen molar-refractivity contribution in [2.45, 2.75) is 44.8 Å². The van der Waals surface area contributed by atoms with Gasteiger partial charge in [-0.2, -0.15) is 0 Å². The summed E-state index contributed by atoms with van der Waals surface area (Å²) in [4.78, 5) is 0. The molecule has 1 fully saturated rings. The van der Waals surface area contributed by atoms with Crippen LogP contribution in [0.25, 0.3) is 0 Å². The molecule has 1 rings (SSSR count). The van der Waals surface area contributed by atoms with Gasteiger partial charge in [0.15, 0.2) is 0 Å². The molecule has 0 bridgehead atoms. The van der Waals surface area contributed by atoms with Crippen LogP contribution in [-0.2, 0) is 9.47 Å². The monoisotopic (exact) mass is 201 g/mol. The molecule has 0 aliphatic heterocycles. The number of hydrogen-bond donors (Lipinski definition) is 1. The third kappa shape index (κ3) is 6.35. The molecular formula is C11H23NO2. The predicted molar refractivity (Wildman–Crippen MR) is 57.5 cm³/mol. The molecule has 1 atom stereocenters. The Kier molecular flexibility index (Phi) is 6.15. The highest BCUT2D eigenvalue weighted by molar-refractivity contribution is 4.80. The number of methoxy groups -OCH3 is 1. The smallest absolute Gasteiger partial charge is 0.0559 e. The van der Waals surface area contributed by atoms with E-state index in [1.807, 2.05) is 0 Å². The highest BCUT2D eigenvalue weighted by atomic mass is 16.5. The zero-order valence-corrected chi connectivity index (χ0v) is 9.42. The van der Waals surface area contributed by atoms with Crippen molar-refractivity contribution in [3.8, 4) is 0 Å². The summed E-state index contributed by atoms with van der Waals surface area (Å²) in [6, 6.07) is 0.815. The second kappa shape index (κ2) is 7.21. The molecule has 1 N–H and O–H groups in total. The number of hydrogen-bond acceptors (Lipinski definition) is 3. The largest absolute Gasteiger partial charge is 0.385 e. The number of ether oxygens (including phenoxy) is 2. The Bertz CT molecular complexity index is 137. The summed E-state index contributed by atoms with van der Waals surface area (Å²) in [6.45, 7) is 4.85. The SMILES string of the molecule is COCCCOC(C)CCNC1CC1. The molecule has 0 heterocycles. The summed E-state index contributed by atoms with van der Waals surface area (Å²) < 4.78 is 10.6. The third-order valence-corrected chi connectivity index (χ3v) is 2.46. The van der Waals surface area contributed by atoms with Gasteiger partial charge in [-0.3, -0.25) is 0 Å². The van der Waals surface area contributed by atoms with Gasteiger partial charge in [0.05, 0.1) is 6.10 Å². The number of nitrogens with one attached hydrogen (secondary N) is 1. The van der Waals surface area contributed by atoms with Crippen molar-refractivity contribution in [3.63, 3.8) is 0 Å². The first kappa shape index (κ1) is 12.0. The zero-order valence-electron chi connectivity index (χ0n) is 9.42. The highest BCUT2D eigenvalue weighted by Gasteiger charge is 2.19. The summed E-state index contributed by atoms with van der Waals surface area (Å²) in [5.41, 5.74) is 0. The molecular weight excluding hydrogens is 178 g/mol. The molecule has 0 aromatic carbocycles. The van der Waals surface area contributed by atoms with E-state index in [2.05, 4.69) is 12.2 Å². The third-order valence-electron chi connectivity index (χ3n) is 2.46. The van der Waals surface area contributed by atoms with Crippen LogP contribution >= 0.6 is 0 Å². The summed E-state index contributed by atoms with van der Waals surface area (Å²) >= 11 is 0. The van der Waals surface area contributed by atoms with Crippen molar-refractivity contribution < 1.29 is 9.47 Å². The summed E-state index contributed by atoms with van der Waals surface area (Å²) in [5.74, 6) is 0. The fourth-order valence-corrected chi connectivity index (χ4v) is 1.35. The van der Waals surface area contributed by atoms with Crippen LogP contribution in [0.3, 0.4) is 0 Å². The van der Waals surface area contributed by atoms with Gasteiger partial charge in [-0.15, -0.1) is 0 Å². The topological polar surface area (TPSA) is 30.5 Å². The lowest BCUT2D eigenvalue weighted by atomic mass is 10.3. The Morgan fingerprint density at radius 1 is 1.36 bits per heavy atom. The number of rotatable bonds is 9. The second-order valence-corrected chi connectivity index (χ2v) is 4.04. The van der Waals surface area contributed by atoms with Crippen LogP contribution in [0.1, 0.15) is 32.6 Å². The van der Waals surface area contributed by atoms with Crippen molar-refractivity contribution in [1.82, 2.24) is 5.32 Å². The quantitative estimate of drug-likeness (QED) is 0.574. The van der Waals surface area contributed by atoms with Gasteiger partial charge in [-0.25, -0.2) is 0 Å². The maximum absolute atomic E-state index is 5.63. The zero-order chi connectivity index (χ0) is 10.2. The first-order valence-electron chi connectivity index (χ1n) is 5.67. The van der Waals surface area contributed by atoms with E-state index in [9.17, 15) is 0 Å². The van der Waals surface area contributed by atoms with E-state index in [1.54, 1.807) is 7.11 Å². The van der Waals surface area contributed by atoms with Crippen molar-refractivity contribution in [2.75, 3.05) is 26.9 Å². The molecule has 1 saturated carbocycles. The minimum atomic E-state index is 0.373. The van der Waals surface area contributed by atoms with Crippen LogP contribution in [0.2, 0.25) is 0 Å². The summed E-state index contributed by atoms with van der Waals surface area (Å²) in [6.07, 6.45) is 5.21. The van der Waals surface area contributed by atoms with Crippen LogP contribution in [-0.4, -0.2) is 39.0 Å². The van der Waals surface area contributed by atoms with Gasteiger partial charge in [0.25, 0.3) is 0 Å². The Labute approximate surface area is 87.2 Å². The lowest BCUT2D eigenvalue weighted by molar-refractivity contribution is 0.0458. The van der Waals surface area contributed by atoms with E-state index in [0.29, 0.717) is 6.10 Å². The van der Waals surface area contributed by atoms with Gasteiger partial charge in [0.2, 0.25) is 0 Å². The lowest BCUT2D eigenvalue weighted by Crippen LogP contribution is -2.22. The molecule has 0 saturated heterocycles. The molecule has 0 aromatic heterocycles. The van der Waals surface area contributed by atoms with Crippen LogP contribution < -0.4 is 5.32 Å². The minimum Gasteiger partial charge on any atom is -0.385 e. The Morgan fingerprint density at radius 2 is 2.14 bits per heavy atom. The van der Waals surface area contributed by atoms with Crippen LogP contribution in [0.4, 0.5) is 0 Å². The van der Waals surface area contributed by atoms with Gasteiger partial charge in [-0.1, -0.05) is 0 Å². The first-order chi connectivity index (χ1) is 6.83. The Balaban J connectivity index is 1.79. The Hall–Kier alpha value is -0.120. The average Bonchev–Trinajstić information content (AvgIpc) is 2.96. The van der Waals surface area contributed by atoms with E-state index >= 15 is 0 Å². The highest BCUT2D eigenvalue weighted by Crippen LogP contribution is 2.18. The van der Waals surface area contributed by atoms with E-state index < -0.39 is 0 Å². The molecule has 1 aliphatic rings. The lowest BCUT2D eigenvalue weighted by Gasteiger charge is -2.13. The molecule has 1 aliphatic carbocycles. The molecule has 1 unspecified atom stereocenters. The molecule has 0 spiro atoms. The van der Waals surface area contributed by atoms with Crippen molar-refractivity contribution in [1.29, 1.82) is 0 Å². The van der Waals surface area contributed by atoms with Crippen LogP contribution in [0, 0.1) is 0 Å². The van der Waals surface area contributed by atoms with Crippen molar-refractivity contribution >= 4 is 0 Å². The molecule has 3 nitrogen and oxygen atoms in total. The normalized spacial score (nSPS) is 18.4. The van der Waals surface area contributed by atoms with Gasteiger partial charge in [0, 0.05) is 26.4 Å². The van der Waals surface area contributed by atoms with E-state index in [-0.39, 0.29) is 0 Å². The standard InChI is InChI=1S/C11H23NO2/c1-10(14-9-3-8-13-2)6-7-12-11-4-5-11/h10-12H,3-9H2,1-2H3. The fourth-order valence-electron chi connectivity index (χ4n) is 1.35. The van der Waals surface area contributed by atoms with E-state index in [0.717, 1.165) is 38.6 Å². The van der Waals surface area contributed by atoms with Gasteiger partial charge in [0.1, 0.15) is 0 Å². The molecule has 0 aromatic rings. The summed E-state index contributed by atoms with van der Waals surface area (Å²) in [5, 5.41) is 3.48. The molecule has 3 heteroatoms. The van der Waals surface area contributed by atoms with E-state index in [4.69, 9.17) is 9.47 Å². The minimum absolute atomic E-state index is 0.373. The van der Waals surface area contributed by atoms with Crippen molar-refractivity contribution in [3.05, 3.63) is 0 Å². The maximum Gasteiger partial charge on any atom is 0.0559 e. The fraction of sp³-hybridized carbons (Fsp3) is 1.00. The molecule has 0 radical (unpaired) electrons. The van der Waals surface area contributed by atoms with Crippen molar-refractivity contribution in [2.24, 2.45) is 0 Å². The molecule has 84 valence electrons. The summed E-state index contributed by atoms with van der Waals surface area (Å²) in [7, 11) is 1.73. The van der Waals surface area contributed by atoms with Crippen LogP contribution in [0.5, 0.6) is 0 Å².